The Hall–Kier alpha value is -1.14. The first-order chi connectivity index (χ1) is 7.98. The van der Waals surface area contributed by atoms with E-state index in [2.05, 4.69) is 4.98 Å². The van der Waals surface area contributed by atoms with Crippen molar-refractivity contribution in [1.29, 1.82) is 0 Å². The summed E-state index contributed by atoms with van der Waals surface area (Å²) >= 11 is 0. The minimum absolute atomic E-state index is 0.200. The Labute approximate surface area is 101 Å². The second-order valence-corrected chi connectivity index (χ2v) is 6.56. The van der Waals surface area contributed by atoms with Gasteiger partial charge in [-0.1, -0.05) is 0 Å². The Balaban J connectivity index is 2.09. The van der Waals surface area contributed by atoms with E-state index in [1.165, 1.54) is 0 Å². The van der Waals surface area contributed by atoms with Gasteiger partial charge in [0.2, 0.25) is 0 Å². The molecule has 17 heavy (non-hydrogen) atoms. The average molecular weight is 256 g/mol. The molecule has 94 valence electrons. The first kappa shape index (κ1) is 12.3. The van der Waals surface area contributed by atoms with E-state index in [1.807, 2.05) is 11.0 Å². The molecule has 0 saturated carbocycles. The van der Waals surface area contributed by atoms with Crippen molar-refractivity contribution in [2.24, 2.45) is 0 Å². The molecule has 0 aliphatic carbocycles. The van der Waals surface area contributed by atoms with Gasteiger partial charge in [0.15, 0.2) is 9.84 Å². The van der Waals surface area contributed by atoms with E-state index in [4.69, 9.17) is 0 Å². The zero-order chi connectivity index (χ0) is 12.5. The highest BCUT2D eigenvalue weighted by Crippen LogP contribution is 2.18. The summed E-state index contributed by atoms with van der Waals surface area (Å²) in [5.41, 5.74) is 1.53. The van der Waals surface area contributed by atoms with Crippen molar-refractivity contribution in [1.82, 2.24) is 4.98 Å². The molecule has 0 amide bonds. The molecular formula is C11H16N2O3S. The highest BCUT2D eigenvalue weighted by molar-refractivity contribution is 7.91. The first-order valence-corrected chi connectivity index (χ1v) is 7.39. The van der Waals surface area contributed by atoms with Crippen molar-refractivity contribution in [3.8, 4) is 0 Å². The van der Waals surface area contributed by atoms with E-state index >= 15 is 0 Å². The molecule has 6 heteroatoms. The predicted molar refractivity (Wildman–Crippen MR) is 65.7 cm³/mol. The Morgan fingerprint density at radius 1 is 1.35 bits per heavy atom. The maximum absolute atomic E-state index is 11.3. The molecule has 5 nitrogen and oxygen atoms in total. The van der Waals surface area contributed by atoms with Gasteiger partial charge in [0.25, 0.3) is 0 Å². The van der Waals surface area contributed by atoms with Crippen molar-refractivity contribution < 1.29 is 13.5 Å². The number of anilines is 1. The van der Waals surface area contributed by atoms with E-state index in [9.17, 15) is 13.5 Å². The lowest BCUT2D eigenvalue weighted by Gasteiger charge is -2.28. The number of pyridine rings is 1. The number of rotatable bonds is 2. The molecule has 1 fully saturated rings. The van der Waals surface area contributed by atoms with Gasteiger partial charge >= 0.3 is 0 Å². The van der Waals surface area contributed by atoms with Crippen molar-refractivity contribution in [3.05, 3.63) is 24.0 Å². The van der Waals surface area contributed by atoms with Crippen LogP contribution in [-0.2, 0) is 9.84 Å². The highest BCUT2D eigenvalue weighted by Gasteiger charge is 2.21. The molecule has 1 aliphatic rings. The Bertz CT molecular complexity index is 468. The van der Waals surface area contributed by atoms with Gasteiger partial charge < -0.3 is 10.0 Å². The first-order valence-electron chi connectivity index (χ1n) is 5.57. The SMILES string of the molecule is C[C@@H](O)c1ccc(N2CCS(=O)(=O)CC2)cn1. The molecule has 1 aromatic rings. The molecule has 1 N–H and O–H groups in total. The number of hydrogen-bond acceptors (Lipinski definition) is 5. The fourth-order valence-electron chi connectivity index (χ4n) is 1.80. The maximum atomic E-state index is 11.3. The van der Waals surface area contributed by atoms with E-state index in [-0.39, 0.29) is 11.5 Å². The van der Waals surface area contributed by atoms with Crippen LogP contribution in [0, 0.1) is 0 Å². The van der Waals surface area contributed by atoms with Gasteiger partial charge in [0.1, 0.15) is 0 Å². The number of nitrogens with zero attached hydrogens (tertiary/aromatic N) is 2. The molecule has 1 saturated heterocycles. The third-order valence-corrected chi connectivity index (χ3v) is 4.52. The maximum Gasteiger partial charge on any atom is 0.153 e. The molecule has 1 aliphatic heterocycles. The lowest BCUT2D eigenvalue weighted by Crippen LogP contribution is -2.40. The van der Waals surface area contributed by atoms with Crippen LogP contribution >= 0.6 is 0 Å². The average Bonchev–Trinajstić information content (AvgIpc) is 2.29. The smallest absolute Gasteiger partial charge is 0.153 e. The van der Waals surface area contributed by atoms with E-state index in [1.54, 1.807) is 19.2 Å². The predicted octanol–water partition coefficient (Wildman–Crippen LogP) is 0.370. The van der Waals surface area contributed by atoms with Gasteiger partial charge in [-0.15, -0.1) is 0 Å². The van der Waals surface area contributed by atoms with Gasteiger partial charge in [-0.2, -0.15) is 0 Å². The van der Waals surface area contributed by atoms with E-state index < -0.39 is 15.9 Å². The molecule has 0 radical (unpaired) electrons. The fourth-order valence-corrected chi connectivity index (χ4v) is 3.00. The summed E-state index contributed by atoms with van der Waals surface area (Å²) in [4.78, 5) is 6.15. The molecule has 2 rings (SSSR count). The van der Waals surface area contributed by atoms with Crippen LogP contribution in [0.4, 0.5) is 5.69 Å². The Kier molecular flexibility index (Phi) is 3.35. The Morgan fingerprint density at radius 3 is 2.47 bits per heavy atom. The summed E-state index contributed by atoms with van der Waals surface area (Å²) in [7, 11) is -2.85. The van der Waals surface area contributed by atoms with Gasteiger partial charge in [-0.3, -0.25) is 4.98 Å². The third-order valence-electron chi connectivity index (χ3n) is 2.91. The molecule has 1 atom stereocenters. The number of sulfone groups is 1. The number of hydrogen-bond donors (Lipinski definition) is 1. The van der Waals surface area contributed by atoms with Gasteiger partial charge in [0.05, 0.1) is 35.2 Å². The van der Waals surface area contributed by atoms with Crippen LogP contribution in [0.15, 0.2) is 18.3 Å². The van der Waals surface area contributed by atoms with Crippen LogP contribution in [0.3, 0.4) is 0 Å². The summed E-state index contributed by atoms with van der Waals surface area (Å²) in [5, 5.41) is 9.34. The zero-order valence-corrected chi connectivity index (χ0v) is 10.5. The largest absolute Gasteiger partial charge is 0.387 e. The van der Waals surface area contributed by atoms with Gasteiger partial charge in [-0.25, -0.2) is 8.42 Å². The van der Waals surface area contributed by atoms with Crippen molar-refractivity contribution >= 4 is 15.5 Å². The zero-order valence-electron chi connectivity index (χ0n) is 9.70. The molecule has 0 aromatic carbocycles. The quantitative estimate of drug-likeness (QED) is 0.828. The second-order valence-electron chi connectivity index (χ2n) is 4.26. The minimum Gasteiger partial charge on any atom is -0.387 e. The standard InChI is InChI=1S/C11H16N2O3S/c1-9(14)11-3-2-10(8-12-11)13-4-6-17(15,16)7-5-13/h2-3,8-9,14H,4-7H2,1H3/t9-/m1/s1. The number of aliphatic hydroxyl groups is 1. The molecular weight excluding hydrogens is 240 g/mol. The monoisotopic (exact) mass is 256 g/mol. The lowest BCUT2D eigenvalue weighted by molar-refractivity contribution is 0.194. The normalized spacial score (nSPS) is 21.2. The van der Waals surface area contributed by atoms with Crippen LogP contribution in [0.5, 0.6) is 0 Å². The van der Waals surface area contributed by atoms with Gasteiger partial charge in [0, 0.05) is 13.1 Å². The summed E-state index contributed by atoms with van der Waals surface area (Å²) in [6, 6.07) is 3.64. The fraction of sp³-hybridized carbons (Fsp3) is 0.545. The van der Waals surface area contributed by atoms with Crippen molar-refractivity contribution in [2.45, 2.75) is 13.0 Å². The van der Waals surface area contributed by atoms with Crippen LogP contribution in [0.2, 0.25) is 0 Å². The van der Waals surface area contributed by atoms with Crippen LogP contribution in [-0.4, -0.2) is 43.1 Å². The van der Waals surface area contributed by atoms with Crippen molar-refractivity contribution in [2.75, 3.05) is 29.5 Å². The number of aliphatic hydroxyl groups excluding tert-OH is 1. The van der Waals surface area contributed by atoms with Crippen LogP contribution < -0.4 is 4.90 Å². The van der Waals surface area contributed by atoms with E-state index in [0.717, 1.165) is 5.69 Å². The lowest BCUT2D eigenvalue weighted by atomic mass is 10.2. The minimum atomic E-state index is -2.85. The topological polar surface area (TPSA) is 70.5 Å². The summed E-state index contributed by atoms with van der Waals surface area (Å²) in [6.45, 7) is 2.69. The van der Waals surface area contributed by atoms with E-state index in [0.29, 0.717) is 18.8 Å². The second kappa shape index (κ2) is 4.62. The van der Waals surface area contributed by atoms with Gasteiger partial charge in [-0.05, 0) is 19.1 Å². The highest BCUT2D eigenvalue weighted by atomic mass is 32.2. The molecule has 2 heterocycles. The summed E-state index contributed by atoms with van der Waals surface area (Å²) < 4.78 is 22.6. The van der Waals surface area contributed by atoms with Crippen molar-refractivity contribution in [3.63, 3.8) is 0 Å². The third kappa shape index (κ3) is 2.95. The summed E-state index contributed by atoms with van der Waals surface area (Å²) in [6.07, 6.45) is 1.10. The molecule has 1 aromatic heterocycles. The number of aromatic nitrogens is 1. The van der Waals surface area contributed by atoms with Crippen LogP contribution in [0.1, 0.15) is 18.7 Å². The molecule has 0 unspecified atom stereocenters. The molecule has 0 spiro atoms. The Morgan fingerprint density at radius 2 is 2.00 bits per heavy atom. The summed E-state index contributed by atoms with van der Waals surface area (Å²) in [5.74, 6) is 0.399. The molecule has 0 bridgehead atoms. The van der Waals surface area contributed by atoms with Crippen LogP contribution in [0.25, 0.3) is 0 Å².